The number of benzene rings is 2. The number of nitrogens with one attached hydrogen (secondary N) is 2. The molecule has 0 radical (unpaired) electrons. The maximum atomic E-state index is 12.8. The fraction of sp³-hybridized carbons (Fsp3) is 0.444. The van der Waals surface area contributed by atoms with Gasteiger partial charge in [0.05, 0.1) is 0 Å². The first-order valence-corrected chi connectivity index (χ1v) is 12.2. The number of carboxylic acids is 1. The molecule has 0 aliphatic heterocycles. The van der Waals surface area contributed by atoms with E-state index in [2.05, 4.69) is 34.9 Å². The standard InChI is InChI=1S/C27H32N2O6/c30-14-13-24(26(32)33)29-25(31)18-8-2-1-7-17(18)15-28-27(34)35-16-23-21-11-5-3-9-19(21)20-10-4-6-12-22(20)23/h3-6,9-12,17-18,23-24,30H,1-2,7-8,13-16H2,(H,28,34)(H,29,31)(H,32,33)/t17?,18?,24-/m0/s1. The molecule has 1 saturated carbocycles. The minimum absolute atomic E-state index is 0.0270. The molecule has 8 nitrogen and oxygen atoms in total. The minimum Gasteiger partial charge on any atom is -0.480 e. The maximum absolute atomic E-state index is 12.8. The predicted molar refractivity (Wildman–Crippen MR) is 130 cm³/mol. The van der Waals surface area contributed by atoms with Gasteiger partial charge >= 0.3 is 12.1 Å². The zero-order chi connectivity index (χ0) is 24.8. The van der Waals surface area contributed by atoms with Crippen LogP contribution in [-0.2, 0) is 14.3 Å². The van der Waals surface area contributed by atoms with E-state index >= 15 is 0 Å². The molecule has 186 valence electrons. The van der Waals surface area contributed by atoms with E-state index in [-0.39, 0.29) is 43.9 Å². The number of hydrogen-bond acceptors (Lipinski definition) is 5. The first kappa shape index (κ1) is 24.7. The van der Waals surface area contributed by atoms with Gasteiger partial charge in [-0.2, -0.15) is 0 Å². The maximum Gasteiger partial charge on any atom is 0.407 e. The zero-order valence-electron chi connectivity index (χ0n) is 19.6. The number of carbonyl (C=O) groups excluding carboxylic acids is 2. The van der Waals surface area contributed by atoms with Crippen LogP contribution in [0.15, 0.2) is 48.5 Å². The summed E-state index contributed by atoms with van der Waals surface area (Å²) in [6, 6.07) is 15.2. The normalized spacial score (nSPS) is 19.8. The summed E-state index contributed by atoms with van der Waals surface area (Å²) in [7, 11) is 0. The van der Waals surface area contributed by atoms with Gasteiger partial charge in [0.2, 0.25) is 5.91 Å². The molecular weight excluding hydrogens is 448 g/mol. The van der Waals surface area contributed by atoms with E-state index in [0.717, 1.165) is 41.5 Å². The Kier molecular flexibility index (Phi) is 8.02. The highest BCUT2D eigenvalue weighted by molar-refractivity contribution is 5.85. The number of amides is 2. The van der Waals surface area contributed by atoms with Crippen molar-refractivity contribution < 1.29 is 29.3 Å². The SMILES string of the molecule is O=C(NCC1CCCCC1C(=O)N[C@@H](CCO)C(=O)O)OCC1c2ccccc2-c2ccccc21. The monoisotopic (exact) mass is 480 g/mol. The van der Waals surface area contributed by atoms with Crippen molar-refractivity contribution in [3.8, 4) is 11.1 Å². The molecule has 0 aromatic heterocycles. The van der Waals surface area contributed by atoms with Crippen LogP contribution in [0.4, 0.5) is 4.79 Å². The van der Waals surface area contributed by atoms with Crippen LogP contribution in [0.25, 0.3) is 11.1 Å². The van der Waals surface area contributed by atoms with Gasteiger partial charge in [-0.3, -0.25) is 4.79 Å². The van der Waals surface area contributed by atoms with Crippen molar-refractivity contribution in [2.24, 2.45) is 11.8 Å². The molecule has 2 aromatic carbocycles. The molecule has 1 fully saturated rings. The van der Waals surface area contributed by atoms with Crippen LogP contribution in [-0.4, -0.2) is 54.0 Å². The smallest absolute Gasteiger partial charge is 0.407 e. The second-order valence-electron chi connectivity index (χ2n) is 9.27. The van der Waals surface area contributed by atoms with Gasteiger partial charge in [0, 0.05) is 31.4 Å². The van der Waals surface area contributed by atoms with Gasteiger partial charge in [-0.15, -0.1) is 0 Å². The van der Waals surface area contributed by atoms with Gasteiger partial charge in [-0.1, -0.05) is 61.4 Å². The summed E-state index contributed by atoms with van der Waals surface area (Å²) in [5, 5.41) is 23.7. The Morgan fingerprint density at radius 2 is 1.60 bits per heavy atom. The van der Waals surface area contributed by atoms with Crippen LogP contribution < -0.4 is 10.6 Å². The number of carboxylic acid groups (broad SMARTS) is 1. The van der Waals surface area contributed by atoms with E-state index in [4.69, 9.17) is 9.84 Å². The van der Waals surface area contributed by atoms with E-state index < -0.39 is 24.0 Å². The Balaban J connectivity index is 1.32. The Morgan fingerprint density at radius 3 is 2.23 bits per heavy atom. The molecule has 0 saturated heterocycles. The van der Waals surface area contributed by atoms with Crippen molar-refractivity contribution in [1.29, 1.82) is 0 Å². The average Bonchev–Trinajstić information content (AvgIpc) is 3.19. The van der Waals surface area contributed by atoms with Gasteiger partial charge in [0.25, 0.3) is 0 Å². The fourth-order valence-electron chi connectivity index (χ4n) is 5.33. The average molecular weight is 481 g/mol. The lowest BCUT2D eigenvalue weighted by atomic mass is 9.78. The molecule has 2 unspecified atom stereocenters. The van der Waals surface area contributed by atoms with Crippen molar-refractivity contribution in [2.75, 3.05) is 19.8 Å². The summed E-state index contributed by atoms with van der Waals surface area (Å²) in [4.78, 5) is 36.7. The van der Waals surface area contributed by atoms with Gasteiger partial charge in [-0.25, -0.2) is 9.59 Å². The van der Waals surface area contributed by atoms with Crippen molar-refractivity contribution in [3.63, 3.8) is 0 Å². The number of aliphatic hydroxyl groups is 1. The van der Waals surface area contributed by atoms with Crippen LogP contribution in [0.3, 0.4) is 0 Å². The molecule has 2 aliphatic carbocycles. The second kappa shape index (κ2) is 11.4. The highest BCUT2D eigenvalue weighted by Crippen LogP contribution is 2.44. The van der Waals surface area contributed by atoms with Crippen molar-refractivity contribution in [2.45, 2.75) is 44.1 Å². The summed E-state index contributed by atoms with van der Waals surface area (Å²) in [6.07, 6.45) is 2.64. The summed E-state index contributed by atoms with van der Waals surface area (Å²) < 4.78 is 5.60. The number of aliphatic hydroxyl groups excluding tert-OH is 1. The van der Waals surface area contributed by atoms with Gasteiger partial charge in [-0.05, 0) is 41.0 Å². The zero-order valence-corrected chi connectivity index (χ0v) is 19.6. The van der Waals surface area contributed by atoms with Gasteiger partial charge < -0.3 is 25.6 Å². The lowest BCUT2D eigenvalue weighted by Gasteiger charge is -2.31. The molecule has 3 atom stereocenters. The third kappa shape index (κ3) is 5.65. The molecule has 8 heteroatoms. The second-order valence-corrected chi connectivity index (χ2v) is 9.27. The van der Waals surface area contributed by atoms with E-state index in [1.54, 1.807) is 0 Å². The number of ether oxygens (including phenoxy) is 1. The van der Waals surface area contributed by atoms with Crippen LogP contribution in [0.5, 0.6) is 0 Å². The lowest BCUT2D eigenvalue weighted by Crippen LogP contribution is -2.48. The van der Waals surface area contributed by atoms with Crippen molar-refractivity contribution >= 4 is 18.0 Å². The molecule has 2 aromatic rings. The third-order valence-electron chi connectivity index (χ3n) is 7.13. The molecule has 4 rings (SSSR count). The number of fused-ring (bicyclic) bond motifs is 3. The van der Waals surface area contributed by atoms with Crippen LogP contribution in [0.2, 0.25) is 0 Å². The lowest BCUT2D eigenvalue weighted by molar-refractivity contribution is -0.143. The van der Waals surface area contributed by atoms with Crippen LogP contribution in [0, 0.1) is 11.8 Å². The summed E-state index contributed by atoms with van der Waals surface area (Å²) >= 11 is 0. The Hall–Kier alpha value is -3.39. The summed E-state index contributed by atoms with van der Waals surface area (Å²) in [6.45, 7) is 0.178. The van der Waals surface area contributed by atoms with E-state index in [0.29, 0.717) is 6.42 Å². The minimum atomic E-state index is -1.17. The van der Waals surface area contributed by atoms with Crippen molar-refractivity contribution in [1.82, 2.24) is 10.6 Å². The molecule has 0 spiro atoms. The number of hydrogen-bond donors (Lipinski definition) is 4. The van der Waals surface area contributed by atoms with Crippen molar-refractivity contribution in [3.05, 3.63) is 59.7 Å². The number of carbonyl (C=O) groups is 3. The Morgan fingerprint density at radius 1 is 0.971 bits per heavy atom. The van der Waals surface area contributed by atoms with E-state index in [9.17, 15) is 19.5 Å². The summed E-state index contributed by atoms with van der Waals surface area (Å²) in [5.41, 5.74) is 4.60. The predicted octanol–water partition coefficient (Wildman–Crippen LogP) is 3.28. The van der Waals surface area contributed by atoms with Crippen LogP contribution in [0.1, 0.15) is 49.1 Å². The molecule has 4 N–H and O–H groups in total. The van der Waals surface area contributed by atoms with E-state index in [1.165, 1.54) is 0 Å². The van der Waals surface area contributed by atoms with Gasteiger partial charge in [0.15, 0.2) is 0 Å². The van der Waals surface area contributed by atoms with Crippen LogP contribution >= 0.6 is 0 Å². The first-order chi connectivity index (χ1) is 17.0. The third-order valence-corrected chi connectivity index (χ3v) is 7.13. The molecule has 0 bridgehead atoms. The highest BCUT2D eigenvalue weighted by Gasteiger charge is 2.34. The molecule has 2 aliphatic rings. The fourth-order valence-corrected chi connectivity index (χ4v) is 5.33. The molecule has 35 heavy (non-hydrogen) atoms. The number of aliphatic carboxylic acids is 1. The summed E-state index contributed by atoms with van der Waals surface area (Å²) in [5.74, 6) is -2.03. The molecular formula is C27H32N2O6. The Labute approximate surface area is 204 Å². The quantitative estimate of drug-likeness (QED) is 0.437. The topological polar surface area (TPSA) is 125 Å². The number of alkyl carbamates (subject to hydrolysis) is 1. The first-order valence-electron chi connectivity index (χ1n) is 12.2. The molecule has 0 heterocycles. The van der Waals surface area contributed by atoms with E-state index in [1.807, 2.05) is 24.3 Å². The number of rotatable bonds is 9. The molecule has 2 amide bonds. The highest BCUT2D eigenvalue weighted by atomic mass is 16.5. The largest absolute Gasteiger partial charge is 0.480 e. The van der Waals surface area contributed by atoms with Gasteiger partial charge in [0.1, 0.15) is 12.6 Å². The Bertz CT molecular complexity index is 1030.